The van der Waals surface area contributed by atoms with Gasteiger partial charge < -0.3 is 4.74 Å². The number of ether oxygens (including phenoxy) is 1. The number of aryl methyl sites for hydroxylation is 1. The van der Waals surface area contributed by atoms with Crippen molar-refractivity contribution in [3.8, 4) is 11.4 Å². The highest BCUT2D eigenvalue weighted by molar-refractivity contribution is 5.48. The normalized spacial score (nSPS) is 10.9. The fourth-order valence-corrected chi connectivity index (χ4v) is 1.70. The molecule has 2 aromatic rings. The van der Waals surface area contributed by atoms with Gasteiger partial charge in [-0.25, -0.2) is 9.67 Å². The predicted octanol–water partition coefficient (Wildman–Crippen LogP) is 2.71. The molecule has 0 atom stereocenters. The molecule has 4 heteroatoms. The SMILES string of the molecule is COc1cc(C(C)C)ccc1-n1cnc(C)n1. The van der Waals surface area contributed by atoms with E-state index < -0.39 is 0 Å². The van der Waals surface area contributed by atoms with Crippen LogP contribution in [0.5, 0.6) is 5.75 Å². The van der Waals surface area contributed by atoms with Gasteiger partial charge in [-0.1, -0.05) is 19.9 Å². The maximum atomic E-state index is 5.41. The van der Waals surface area contributed by atoms with E-state index in [2.05, 4.69) is 36.1 Å². The molecule has 1 aromatic carbocycles. The molecule has 0 saturated heterocycles. The summed E-state index contributed by atoms with van der Waals surface area (Å²) in [5.41, 5.74) is 2.17. The number of nitrogens with zero attached hydrogens (tertiary/aromatic N) is 3. The number of methoxy groups -OCH3 is 1. The molecule has 1 heterocycles. The monoisotopic (exact) mass is 231 g/mol. The Morgan fingerprint density at radius 3 is 2.59 bits per heavy atom. The van der Waals surface area contributed by atoms with Crippen LogP contribution >= 0.6 is 0 Å². The minimum Gasteiger partial charge on any atom is -0.494 e. The largest absolute Gasteiger partial charge is 0.494 e. The van der Waals surface area contributed by atoms with Crippen molar-refractivity contribution in [3.05, 3.63) is 35.9 Å². The van der Waals surface area contributed by atoms with E-state index >= 15 is 0 Å². The summed E-state index contributed by atoms with van der Waals surface area (Å²) < 4.78 is 7.15. The van der Waals surface area contributed by atoms with Crippen molar-refractivity contribution in [2.45, 2.75) is 26.7 Å². The van der Waals surface area contributed by atoms with Crippen LogP contribution in [0.4, 0.5) is 0 Å². The highest BCUT2D eigenvalue weighted by Crippen LogP contribution is 2.26. The molecular formula is C13H17N3O. The highest BCUT2D eigenvalue weighted by atomic mass is 16.5. The maximum Gasteiger partial charge on any atom is 0.147 e. The first-order valence-corrected chi connectivity index (χ1v) is 5.68. The molecular weight excluding hydrogens is 214 g/mol. The average molecular weight is 231 g/mol. The molecule has 0 N–H and O–H groups in total. The van der Waals surface area contributed by atoms with E-state index in [1.807, 2.05) is 13.0 Å². The Balaban J connectivity index is 2.48. The summed E-state index contributed by atoms with van der Waals surface area (Å²) in [6.07, 6.45) is 1.70. The molecule has 17 heavy (non-hydrogen) atoms. The summed E-state index contributed by atoms with van der Waals surface area (Å²) in [7, 11) is 1.67. The van der Waals surface area contributed by atoms with Crippen LogP contribution in [0.2, 0.25) is 0 Å². The maximum absolute atomic E-state index is 5.41. The molecule has 0 aliphatic rings. The highest BCUT2D eigenvalue weighted by Gasteiger charge is 2.09. The summed E-state index contributed by atoms with van der Waals surface area (Å²) in [4.78, 5) is 4.12. The van der Waals surface area contributed by atoms with Crippen LogP contribution in [0.25, 0.3) is 5.69 Å². The minimum absolute atomic E-state index is 0.482. The van der Waals surface area contributed by atoms with Gasteiger partial charge in [-0.05, 0) is 30.5 Å². The van der Waals surface area contributed by atoms with Gasteiger partial charge in [0.05, 0.1) is 7.11 Å². The Hall–Kier alpha value is -1.84. The lowest BCUT2D eigenvalue weighted by Gasteiger charge is -2.12. The summed E-state index contributed by atoms with van der Waals surface area (Å²) in [5, 5.41) is 4.29. The van der Waals surface area contributed by atoms with Crippen molar-refractivity contribution in [2.24, 2.45) is 0 Å². The van der Waals surface area contributed by atoms with Crippen molar-refractivity contribution in [3.63, 3.8) is 0 Å². The van der Waals surface area contributed by atoms with E-state index in [9.17, 15) is 0 Å². The molecule has 4 nitrogen and oxygen atoms in total. The zero-order valence-corrected chi connectivity index (χ0v) is 10.6. The molecule has 0 aliphatic heterocycles. The third-order valence-electron chi connectivity index (χ3n) is 2.72. The fraction of sp³-hybridized carbons (Fsp3) is 0.385. The van der Waals surface area contributed by atoms with E-state index in [1.165, 1.54) is 5.56 Å². The van der Waals surface area contributed by atoms with E-state index in [0.717, 1.165) is 17.3 Å². The summed E-state index contributed by atoms with van der Waals surface area (Å²) in [6.45, 7) is 6.19. The lowest BCUT2D eigenvalue weighted by atomic mass is 10.0. The summed E-state index contributed by atoms with van der Waals surface area (Å²) in [6, 6.07) is 6.17. The van der Waals surface area contributed by atoms with E-state index in [-0.39, 0.29) is 0 Å². The first kappa shape index (κ1) is 11.6. The smallest absolute Gasteiger partial charge is 0.147 e. The van der Waals surface area contributed by atoms with E-state index in [0.29, 0.717) is 5.92 Å². The lowest BCUT2D eigenvalue weighted by Crippen LogP contribution is -2.00. The summed E-state index contributed by atoms with van der Waals surface area (Å²) >= 11 is 0. The number of rotatable bonds is 3. The van der Waals surface area contributed by atoms with Gasteiger partial charge in [-0.15, -0.1) is 0 Å². The van der Waals surface area contributed by atoms with E-state index in [4.69, 9.17) is 4.74 Å². The van der Waals surface area contributed by atoms with Gasteiger partial charge >= 0.3 is 0 Å². The second-order valence-corrected chi connectivity index (χ2v) is 4.32. The van der Waals surface area contributed by atoms with E-state index in [1.54, 1.807) is 18.1 Å². The van der Waals surface area contributed by atoms with Gasteiger partial charge in [-0.2, -0.15) is 5.10 Å². The lowest BCUT2D eigenvalue weighted by molar-refractivity contribution is 0.411. The standard InChI is InChI=1S/C13H17N3O/c1-9(2)11-5-6-12(13(7-11)17-4)16-8-14-10(3)15-16/h5-9H,1-4H3. The number of hydrogen-bond donors (Lipinski definition) is 0. The molecule has 90 valence electrons. The van der Waals surface area contributed by atoms with Crippen molar-refractivity contribution >= 4 is 0 Å². The van der Waals surface area contributed by atoms with Crippen molar-refractivity contribution in [1.82, 2.24) is 14.8 Å². The van der Waals surface area contributed by atoms with Crippen LogP contribution in [-0.4, -0.2) is 21.9 Å². The third-order valence-corrected chi connectivity index (χ3v) is 2.72. The number of hydrogen-bond acceptors (Lipinski definition) is 3. The van der Waals surface area contributed by atoms with Crippen LogP contribution in [0.15, 0.2) is 24.5 Å². The quantitative estimate of drug-likeness (QED) is 0.815. The fourth-order valence-electron chi connectivity index (χ4n) is 1.70. The van der Waals surface area contributed by atoms with Gasteiger partial charge in [-0.3, -0.25) is 0 Å². The number of aromatic nitrogens is 3. The van der Waals surface area contributed by atoms with Gasteiger partial charge in [0.25, 0.3) is 0 Å². The van der Waals surface area contributed by atoms with Gasteiger partial charge in [0.15, 0.2) is 0 Å². The van der Waals surface area contributed by atoms with Gasteiger partial charge in [0.1, 0.15) is 23.6 Å². The van der Waals surface area contributed by atoms with Gasteiger partial charge in [0.2, 0.25) is 0 Å². The molecule has 0 saturated carbocycles. The van der Waals surface area contributed by atoms with Crippen LogP contribution in [0.1, 0.15) is 31.2 Å². The Labute approximate surface area is 101 Å². The molecule has 0 fully saturated rings. The molecule has 0 unspecified atom stereocenters. The van der Waals surface area contributed by atoms with Crippen LogP contribution < -0.4 is 4.74 Å². The second-order valence-electron chi connectivity index (χ2n) is 4.32. The van der Waals surface area contributed by atoms with Gasteiger partial charge in [0, 0.05) is 0 Å². The molecule has 0 aliphatic carbocycles. The molecule has 0 radical (unpaired) electrons. The molecule has 0 amide bonds. The molecule has 0 spiro atoms. The first-order chi connectivity index (χ1) is 8.11. The zero-order chi connectivity index (χ0) is 12.4. The zero-order valence-electron chi connectivity index (χ0n) is 10.6. The van der Waals surface area contributed by atoms with Crippen molar-refractivity contribution in [1.29, 1.82) is 0 Å². The summed E-state index contributed by atoms with van der Waals surface area (Å²) in [5.74, 6) is 2.05. The Morgan fingerprint density at radius 1 is 1.29 bits per heavy atom. The third kappa shape index (κ3) is 2.30. The minimum atomic E-state index is 0.482. The Kier molecular flexibility index (Phi) is 3.13. The van der Waals surface area contributed by atoms with Crippen molar-refractivity contribution < 1.29 is 4.74 Å². The number of benzene rings is 1. The predicted molar refractivity (Wildman–Crippen MR) is 66.7 cm³/mol. The van der Waals surface area contributed by atoms with Crippen LogP contribution in [0, 0.1) is 6.92 Å². The second kappa shape index (κ2) is 4.57. The van der Waals surface area contributed by atoms with Crippen LogP contribution in [0.3, 0.4) is 0 Å². The Bertz CT molecular complexity index is 517. The topological polar surface area (TPSA) is 39.9 Å². The first-order valence-electron chi connectivity index (χ1n) is 5.68. The molecule has 2 rings (SSSR count). The Morgan fingerprint density at radius 2 is 2.06 bits per heavy atom. The van der Waals surface area contributed by atoms with Crippen LogP contribution in [-0.2, 0) is 0 Å². The molecule has 0 bridgehead atoms. The van der Waals surface area contributed by atoms with Crippen molar-refractivity contribution in [2.75, 3.05) is 7.11 Å². The average Bonchev–Trinajstić information content (AvgIpc) is 2.74. The molecule has 1 aromatic heterocycles.